The maximum Gasteiger partial charge on any atom is 0.251 e. The minimum Gasteiger partial charge on any atom is -0.349 e. The molecule has 144 valence electrons. The highest BCUT2D eigenvalue weighted by atomic mass is 32.2. The fraction of sp³-hybridized carbons (Fsp3) is 0.381. The van der Waals surface area contributed by atoms with Crippen molar-refractivity contribution >= 4 is 15.9 Å². The number of sulfonamides is 1. The van der Waals surface area contributed by atoms with Crippen LogP contribution >= 0.6 is 0 Å². The Bertz CT molecular complexity index is 869. The Hall–Kier alpha value is -2.18. The maximum atomic E-state index is 12.9. The number of carbonyl (C=O) groups excluding carboxylic acids is 1. The second-order valence-corrected chi connectivity index (χ2v) is 9.18. The van der Waals surface area contributed by atoms with Gasteiger partial charge in [-0.2, -0.15) is 4.31 Å². The van der Waals surface area contributed by atoms with Crippen LogP contribution in [0.5, 0.6) is 0 Å². The van der Waals surface area contributed by atoms with E-state index in [0.717, 1.165) is 5.56 Å². The van der Waals surface area contributed by atoms with Gasteiger partial charge in [-0.15, -0.1) is 0 Å². The lowest BCUT2D eigenvalue weighted by Crippen LogP contribution is -2.46. The Kier molecular flexibility index (Phi) is 5.97. The van der Waals surface area contributed by atoms with Gasteiger partial charge in [0.25, 0.3) is 5.91 Å². The Labute approximate surface area is 161 Å². The Morgan fingerprint density at radius 3 is 2.15 bits per heavy atom. The molecule has 1 aliphatic rings. The van der Waals surface area contributed by atoms with E-state index in [4.69, 9.17) is 0 Å². The number of rotatable bonds is 5. The molecule has 1 heterocycles. The molecule has 0 saturated carbocycles. The summed E-state index contributed by atoms with van der Waals surface area (Å²) in [6.45, 7) is 4.98. The number of nitrogens with zero attached hydrogens (tertiary/aromatic N) is 1. The summed E-state index contributed by atoms with van der Waals surface area (Å²) in [4.78, 5) is 12.6. The second kappa shape index (κ2) is 8.23. The van der Waals surface area contributed by atoms with Gasteiger partial charge in [0.1, 0.15) is 0 Å². The standard InChI is InChI=1S/C21H26N2O3S/c1-16(2)17-8-10-20(11-9-17)27(25,26)23-14-12-19(13-15-23)22-21(24)18-6-4-3-5-7-18/h3-11,16,19H,12-15H2,1-2H3,(H,22,24). The van der Waals surface area contributed by atoms with Crippen molar-refractivity contribution < 1.29 is 13.2 Å². The molecule has 1 amide bonds. The Morgan fingerprint density at radius 2 is 1.59 bits per heavy atom. The van der Waals surface area contributed by atoms with Crippen molar-refractivity contribution in [2.24, 2.45) is 0 Å². The molecule has 6 heteroatoms. The summed E-state index contributed by atoms with van der Waals surface area (Å²) in [7, 11) is -3.49. The van der Waals surface area contributed by atoms with Crippen LogP contribution in [0.1, 0.15) is 48.5 Å². The predicted octanol–water partition coefficient (Wildman–Crippen LogP) is 3.39. The second-order valence-electron chi connectivity index (χ2n) is 7.24. The van der Waals surface area contributed by atoms with E-state index in [2.05, 4.69) is 19.2 Å². The summed E-state index contributed by atoms with van der Waals surface area (Å²) < 4.78 is 27.2. The molecule has 0 spiro atoms. The molecule has 0 unspecified atom stereocenters. The zero-order valence-electron chi connectivity index (χ0n) is 15.8. The van der Waals surface area contributed by atoms with Gasteiger partial charge in [0.2, 0.25) is 10.0 Å². The molecule has 1 aliphatic heterocycles. The fourth-order valence-electron chi connectivity index (χ4n) is 3.27. The molecule has 0 radical (unpaired) electrons. The van der Waals surface area contributed by atoms with E-state index >= 15 is 0 Å². The first-order valence-corrected chi connectivity index (χ1v) is 10.8. The van der Waals surface area contributed by atoms with E-state index in [9.17, 15) is 13.2 Å². The van der Waals surface area contributed by atoms with Crippen molar-refractivity contribution in [2.75, 3.05) is 13.1 Å². The first-order chi connectivity index (χ1) is 12.9. The molecule has 0 aromatic heterocycles. The summed E-state index contributed by atoms with van der Waals surface area (Å²) in [5.41, 5.74) is 1.74. The molecule has 2 aromatic carbocycles. The number of nitrogens with one attached hydrogen (secondary N) is 1. The normalized spacial score (nSPS) is 16.4. The molecule has 0 atom stereocenters. The summed E-state index contributed by atoms with van der Waals surface area (Å²) >= 11 is 0. The summed E-state index contributed by atoms with van der Waals surface area (Å²) in [6.07, 6.45) is 1.23. The van der Waals surface area contributed by atoms with E-state index in [1.54, 1.807) is 24.3 Å². The highest BCUT2D eigenvalue weighted by Gasteiger charge is 2.30. The van der Waals surface area contributed by atoms with Crippen molar-refractivity contribution in [3.63, 3.8) is 0 Å². The Morgan fingerprint density at radius 1 is 1.00 bits per heavy atom. The van der Waals surface area contributed by atoms with Crippen LogP contribution in [0.2, 0.25) is 0 Å². The number of carbonyl (C=O) groups is 1. The summed E-state index contributed by atoms with van der Waals surface area (Å²) in [6, 6.07) is 16.2. The van der Waals surface area contributed by atoms with Crippen LogP contribution in [-0.2, 0) is 10.0 Å². The third kappa shape index (κ3) is 4.57. The molecule has 1 N–H and O–H groups in total. The van der Waals surface area contributed by atoms with Gasteiger partial charge in [-0.05, 0) is 48.6 Å². The Balaban J connectivity index is 1.60. The lowest BCUT2D eigenvalue weighted by molar-refractivity contribution is 0.0924. The highest BCUT2D eigenvalue weighted by Crippen LogP contribution is 2.23. The number of hydrogen-bond acceptors (Lipinski definition) is 3. The van der Waals surface area contributed by atoms with Crippen LogP contribution in [0.15, 0.2) is 59.5 Å². The fourth-order valence-corrected chi connectivity index (χ4v) is 4.74. The number of hydrogen-bond donors (Lipinski definition) is 1. The minimum atomic E-state index is -3.49. The highest BCUT2D eigenvalue weighted by molar-refractivity contribution is 7.89. The van der Waals surface area contributed by atoms with Gasteiger partial charge in [0.05, 0.1) is 4.90 Å². The van der Waals surface area contributed by atoms with Crippen molar-refractivity contribution in [2.45, 2.75) is 43.5 Å². The molecule has 5 nitrogen and oxygen atoms in total. The zero-order valence-corrected chi connectivity index (χ0v) is 16.6. The quantitative estimate of drug-likeness (QED) is 0.856. The van der Waals surface area contributed by atoms with Gasteiger partial charge in [-0.1, -0.05) is 44.2 Å². The van der Waals surface area contributed by atoms with E-state index < -0.39 is 10.0 Å². The van der Waals surface area contributed by atoms with Crippen LogP contribution in [-0.4, -0.2) is 37.8 Å². The van der Waals surface area contributed by atoms with Gasteiger partial charge in [-0.25, -0.2) is 8.42 Å². The molecule has 2 aromatic rings. The minimum absolute atomic E-state index is 0.00697. The molecule has 1 saturated heterocycles. The summed E-state index contributed by atoms with van der Waals surface area (Å²) in [5, 5.41) is 3.01. The predicted molar refractivity (Wildman–Crippen MR) is 106 cm³/mol. The largest absolute Gasteiger partial charge is 0.349 e. The van der Waals surface area contributed by atoms with Crippen molar-refractivity contribution in [3.05, 3.63) is 65.7 Å². The molecular weight excluding hydrogens is 360 g/mol. The number of amides is 1. The average molecular weight is 387 g/mol. The zero-order chi connectivity index (χ0) is 19.4. The van der Waals surface area contributed by atoms with E-state index in [-0.39, 0.29) is 11.9 Å². The molecule has 1 fully saturated rings. The van der Waals surface area contributed by atoms with Crippen molar-refractivity contribution in [1.29, 1.82) is 0 Å². The van der Waals surface area contributed by atoms with Gasteiger partial charge >= 0.3 is 0 Å². The monoisotopic (exact) mass is 386 g/mol. The first kappa shape index (κ1) is 19.6. The van der Waals surface area contributed by atoms with Crippen LogP contribution in [0.25, 0.3) is 0 Å². The van der Waals surface area contributed by atoms with Gasteiger partial charge in [-0.3, -0.25) is 4.79 Å². The third-order valence-electron chi connectivity index (χ3n) is 5.01. The van der Waals surface area contributed by atoms with Crippen LogP contribution in [0.4, 0.5) is 0 Å². The smallest absolute Gasteiger partial charge is 0.251 e. The summed E-state index contributed by atoms with van der Waals surface area (Å²) in [5.74, 6) is 0.256. The van der Waals surface area contributed by atoms with E-state index in [1.807, 2.05) is 30.3 Å². The SMILES string of the molecule is CC(C)c1ccc(S(=O)(=O)N2CCC(NC(=O)c3ccccc3)CC2)cc1. The van der Waals surface area contributed by atoms with Crippen LogP contribution in [0, 0.1) is 0 Å². The van der Waals surface area contributed by atoms with Gasteiger partial charge in [0, 0.05) is 24.7 Å². The third-order valence-corrected chi connectivity index (χ3v) is 6.92. The number of piperidine rings is 1. The van der Waals surface area contributed by atoms with Crippen LogP contribution < -0.4 is 5.32 Å². The van der Waals surface area contributed by atoms with Crippen molar-refractivity contribution in [1.82, 2.24) is 9.62 Å². The molecule has 0 bridgehead atoms. The molecule has 0 aliphatic carbocycles. The average Bonchev–Trinajstić information content (AvgIpc) is 2.69. The molecular formula is C21H26N2O3S. The topological polar surface area (TPSA) is 66.5 Å². The molecule has 27 heavy (non-hydrogen) atoms. The van der Waals surface area contributed by atoms with Crippen molar-refractivity contribution in [3.8, 4) is 0 Å². The molecule has 3 rings (SSSR count). The van der Waals surface area contributed by atoms with E-state index in [1.165, 1.54) is 4.31 Å². The van der Waals surface area contributed by atoms with Crippen LogP contribution in [0.3, 0.4) is 0 Å². The lowest BCUT2D eigenvalue weighted by atomic mass is 10.0. The van der Waals surface area contributed by atoms with Gasteiger partial charge < -0.3 is 5.32 Å². The lowest BCUT2D eigenvalue weighted by Gasteiger charge is -2.31. The van der Waals surface area contributed by atoms with Gasteiger partial charge in [0.15, 0.2) is 0 Å². The number of benzene rings is 2. The maximum absolute atomic E-state index is 12.9. The van der Waals surface area contributed by atoms with E-state index in [0.29, 0.717) is 42.3 Å². The first-order valence-electron chi connectivity index (χ1n) is 9.34.